The van der Waals surface area contributed by atoms with Gasteiger partial charge in [0.1, 0.15) is 0 Å². The Labute approximate surface area is 166 Å². The number of carbonyl (C=O) groups excluding carboxylic acids is 3. The zero-order valence-electron chi connectivity index (χ0n) is 15.7. The predicted octanol–water partition coefficient (Wildman–Crippen LogP) is 2.45. The van der Waals surface area contributed by atoms with Gasteiger partial charge in [-0.1, -0.05) is 0 Å². The molecule has 4 rings (SSSR count). The van der Waals surface area contributed by atoms with Gasteiger partial charge in [0, 0.05) is 44.0 Å². The Balaban J connectivity index is 1.37. The second-order valence-corrected chi connectivity index (χ2v) is 7.34. The lowest BCUT2D eigenvalue weighted by Gasteiger charge is -2.19. The molecule has 29 heavy (non-hydrogen) atoms. The first-order valence-corrected chi connectivity index (χ1v) is 9.30. The molecule has 1 fully saturated rings. The highest BCUT2D eigenvalue weighted by Gasteiger charge is 2.33. The third-order valence-corrected chi connectivity index (χ3v) is 5.46. The zero-order valence-corrected chi connectivity index (χ0v) is 15.7. The Hall–Kier alpha value is -3.29. The summed E-state index contributed by atoms with van der Waals surface area (Å²) in [6, 6.07) is 8.29. The number of benzene rings is 2. The maximum Gasteiger partial charge on any atom is 0.261 e. The second-order valence-electron chi connectivity index (χ2n) is 7.34. The number of nitrogens with zero attached hydrogens (tertiary/aromatic N) is 2. The third-order valence-electron chi connectivity index (χ3n) is 5.46. The average Bonchev–Trinajstić information content (AvgIpc) is 3.28. The van der Waals surface area contributed by atoms with Crippen LogP contribution in [0.2, 0.25) is 0 Å². The van der Waals surface area contributed by atoms with E-state index < -0.39 is 17.5 Å². The molecule has 150 valence electrons. The fraction of sp³-hybridized carbons (Fsp3) is 0.286. The van der Waals surface area contributed by atoms with Gasteiger partial charge >= 0.3 is 0 Å². The summed E-state index contributed by atoms with van der Waals surface area (Å²) in [6.45, 7) is 1.73. The van der Waals surface area contributed by atoms with Crippen LogP contribution in [-0.2, 0) is 0 Å². The molecule has 0 radical (unpaired) electrons. The van der Waals surface area contributed by atoms with Gasteiger partial charge in [-0.2, -0.15) is 0 Å². The lowest BCUT2D eigenvalue weighted by atomic mass is 10.0. The van der Waals surface area contributed by atoms with Gasteiger partial charge in [0.05, 0.1) is 11.1 Å². The quantitative estimate of drug-likeness (QED) is 0.802. The molecule has 2 aromatic carbocycles. The van der Waals surface area contributed by atoms with Crippen LogP contribution in [0.5, 0.6) is 0 Å². The normalized spacial score (nSPS) is 18.4. The molecule has 0 aromatic heterocycles. The maximum atomic E-state index is 13.4. The maximum absolute atomic E-state index is 13.4. The minimum absolute atomic E-state index is 0.163. The summed E-state index contributed by atoms with van der Waals surface area (Å²) in [4.78, 5) is 39.5. The van der Waals surface area contributed by atoms with E-state index in [9.17, 15) is 23.2 Å². The standard InChI is InChI=1S/C21H19F2N3O3/c1-25-20(28)15-4-2-13(8-16(15)21(25)29)19(27)24-10-12-6-7-26(11-12)14-3-5-17(22)18(23)9-14/h2-5,8-9,12H,6-7,10-11H2,1H3,(H,24,27). The summed E-state index contributed by atoms with van der Waals surface area (Å²) in [5.41, 5.74) is 1.46. The predicted molar refractivity (Wildman–Crippen MR) is 102 cm³/mol. The fourth-order valence-corrected chi connectivity index (χ4v) is 3.76. The molecular formula is C21H19F2N3O3. The van der Waals surface area contributed by atoms with Crippen molar-refractivity contribution in [1.82, 2.24) is 10.2 Å². The van der Waals surface area contributed by atoms with E-state index in [2.05, 4.69) is 5.32 Å². The van der Waals surface area contributed by atoms with E-state index in [0.29, 0.717) is 36.4 Å². The Morgan fingerprint density at radius 2 is 1.83 bits per heavy atom. The van der Waals surface area contributed by atoms with Crippen molar-refractivity contribution in [3.05, 3.63) is 64.7 Å². The highest BCUT2D eigenvalue weighted by molar-refractivity contribution is 6.21. The molecule has 3 amide bonds. The average molecular weight is 399 g/mol. The van der Waals surface area contributed by atoms with Gasteiger partial charge in [0.25, 0.3) is 17.7 Å². The van der Waals surface area contributed by atoms with Crippen molar-refractivity contribution in [3.63, 3.8) is 0 Å². The number of hydrogen-bond donors (Lipinski definition) is 1. The highest BCUT2D eigenvalue weighted by Crippen LogP contribution is 2.25. The molecule has 2 heterocycles. The van der Waals surface area contributed by atoms with Crippen LogP contribution in [0, 0.1) is 17.6 Å². The third kappa shape index (κ3) is 3.46. The smallest absolute Gasteiger partial charge is 0.261 e. The van der Waals surface area contributed by atoms with Crippen LogP contribution in [0.1, 0.15) is 37.5 Å². The van der Waals surface area contributed by atoms with Gasteiger partial charge in [-0.3, -0.25) is 19.3 Å². The number of rotatable bonds is 4. The summed E-state index contributed by atoms with van der Waals surface area (Å²) < 4.78 is 26.5. The lowest BCUT2D eigenvalue weighted by molar-refractivity contribution is 0.0693. The Bertz CT molecular complexity index is 1020. The van der Waals surface area contributed by atoms with Gasteiger partial charge in [0.15, 0.2) is 11.6 Å². The number of hydrogen-bond acceptors (Lipinski definition) is 4. The van der Waals surface area contributed by atoms with Gasteiger partial charge < -0.3 is 10.2 Å². The molecule has 6 nitrogen and oxygen atoms in total. The van der Waals surface area contributed by atoms with Gasteiger partial charge in [-0.15, -0.1) is 0 Å². The zero-order chi connectivity index (χ0) is 20.7. The van der Waals surface area contributed by atoms with Crippen molar-refractivity contribution < 1.29 is 23.2 Å². The SMILES string of the molecule is CN1C(=O)c2ccc(C(=O)NCC3CCN(c4ccc(F)c(F)c4)C3)cc2C1=O. The molecule has 0 spiro atoms. The number of imide groups is 1. The number of amides is 3. The minimum Gasteiger partial charge on any atom is -0.371 e. The molecule has 1 atom stereocenters. The molecule has 0 bridgehead atoms. The van der Waals surface area contributed by atoms with Crippen molar-refractivity contribution in [1.29, 1.82) is 0 Å². The van der Waals surface area contributed by atoms with E-state index in [-0.39, 0.29) is 23.3 Å². The summed E-state index contributed by atoms with van der Waals surface area (Å²) >= 11 is 0. The van der Waals surface area contributed by atoms with Crippen LogP contribution < -0.4 is 10.2 Å². The van der Waals surface area contributed by atoms with E-state index in [1.54, 1.807) is 6.07 Å². The molecule has 1 unspecified atom stereocenters. The molecule has 2 aliphatic heterocycles. The lowest BCUT2D eigenvalue weighted by Crippen LogP contribution is -2.31. The number of nitrogens with one attached hydrogen (secondary N) is 1. The molecule has 2 aliphatic rings. The summed E-state index contributed by atoms with van der Waals surface area (Å²) in [7, 11) is 1.41. The molecule has 2 aromatic rings. The number of halogens is 2. The van der Waals surface area contributed by atoms with Crippen LogP contribution in [0.25, 0.3) is 0 Å². The number of carbonyl (C=O) groups is 3. The first-order valence-electron chi connectivity index (χ1n) is 9.30. The Kier molecular flexibility index (Phi) is 4.77. The van der Waals surface area contributed by atoms with E-state index in [0.717, 1.165) is 17.4 Å². The van der Waals surface area contributed by atoms with E-state index in [4.69, 9.17) is 0 Å². The van der Waals surface area contributed by atoms with Crippen molar-refractivity contribution in [2.45, 2.75) is 6.42 Å². The minimum atomic E-state index is -0.880. The number of fused-ring (bicyclic) bond motifs is 1. The van der Waals surface area contributed by atoms with Crippen LogP contribution in [-0.4, -0.2) is 49.3 Å². The van der Waals surface area contributed by atoms with Crippen LogP contribution in [0.3, 0.4) is 0 Å². The Morgan fingerprint density at radius 1 is 1.07 bits per heavy atom. The molecule has 1 saturated heterocycles. The van der Waals surface area contributed by atoms with Crippen LogP contribution in [0.15, 0.2) is 36.4 Å². The summed E-state index contributed by atoms with van der Waals surface area (Å²) in [5.74, 6) is -2.71. The molecular weight excluding hydrogens is 380 g/mol. The van der Waals surface area contributed by atoms with Crippen molar-refractivity contribution in [2.24, 2.45) is 5.92 Å². The van der Waals surface area contributed by atoms with Crippen LogP contribution >= 0.6 is 0 Å². The largest absolute Gasteiger partial charge is 0.371 e. The first-order chi connectivity index (χ1) is 13.8. The molecule has 1 N–H and O–H groups in total. The summed E-state index contributed by atoms with van der Waals surface area (Å²) in [6.07, 6.45) is 0.807. The van der Waals surface area contributed by atoms with Crippen LogP contribution in [0.4, 0.5) is 14.5 Å². The van der Waals surface area contributed by atoms with Crippen molar-refractivity contribution in [3.8, 4) is 0 Å². The van der Waals surface area contributed by atoms with Crippen molar-refractivity contribution in [2.75, 3.05) is 31.6 Å². The molecule has 8 heteroatoms. The highest BCUT2D eigenvalue weighted by atomic mass is 19.2. The van der Waals surface area contributed by atoms with Gasteiger partial charge in [0.2, 0.25) is 0 Å². The second kappa shape index (κ2) is 7.27. The molecule has 0 aliphatic carbocycles. The van der Waals surface area contributed by atoms with Crippen molar-refractivity contribution >= 4 is 23.4 Å². The van der Waals surface area contributed by atoms with Gasteiger partial charge in [-0.25, -0.2) is 8.78 Å². The monoisotopic (exact) mass is 399 g/mol. The van der Waals surface area contributed by atoms with Gasteiger partial charge in [-0.05, 0) is 42.7 Å². The Morgan fingerprint density at radius 3 is 2.59 bits per heavy atom. The van der Waals surface area contributed by atoms with E-state index >= 15 is 0 Å². The first kappa shape index (κ1) is 19.0. The van der Waals surface area contributed by atoms with E-state index in [1.807, 2.05) is 4.90 Å². The van der Waals surface area contributed by atoms with E-state index in [1.165, 1.54) is 31.3 Å². The topological polar surface area (TPSA) is 69.7 Å². The fourth-order valence-electron chi connectivity index (χ4n) is 3.76. The summed E-state index contributed by atoms with van der Waals surface area (Å²) in [5, 5.41) is 2.85. The number of anilines is 1. The molecule has 0 saturated carbocycles.